The lowest BCUT2D eigenvalue weighted by Gasteiger charge is -2.37. The van der Waals surface area contributed by atoms with E-state index in [-0.39, 0.29) is 0 Å². The van der Waals surface area contributed by atoms with Gasteiger partial charge in [0.1, 0.15) is 5.54 Å². The fourth-order valence-electron chi connectivity index (χ4n) is 2.79. The molecule has 0 spiro atoms. The molecule has 1 aromatic rings. The quantitative estimate of drug-likeness (QED) is 0.796. The van der Waals surface area contributed by atoms with Crippen molar-refractivity contribution in [1.82, 2.24) is 10.2 Å². The molecule has 1 N–H and O–H groups in total. The second-order valence-corrected chi connectivity index (χ2v) is 6.12. The molecule has 0 bridgehead atoms. The van der Waals surface area contributed by atoms with Gasteiger partial charge in [-0.1, -0.05) is 44.2 Å². The van der Waals surface area contributed by atoms with Gasteiger partial charge in [-0.2, -0.15) is 5.26 Å². The normalized spacial score (nSPS) is 19.0. The van der Waals surface area contributed by atoms with E-state index in [0.29, 0.717) is 12.1 Å². The average molecular weight is 285 g/mol. The van der Waals surface area contributed by atoms with Crippen molar-refractivity contribution >= 4 is 0 Å². The van der Waals surface area contributed by atoms with Crippen LogP contribution in [0.1, 0.15) is 45.6 Å². The first-order chi connectivity index (χ1) is 10.1. The molecule has 3 nitrogen and oxygen atoms in total. The predicted molar refractivity (Wildman–Crippen MR) is 86.9 cm³/mol. The van der Waals surface area contributed by atoms with Gasteiger partial charge in [-0.15, -0.1) is 0 Å². The van der Waals surface area contributed by atoms with Crippen molar-refractivity contribution in [3.05, 3.63) is 35.9 Å². The molecule has 0 aliphatic heterocycles. The summed E-state index contributed by atoms with van der Waals surface area (Å²) in [4.78, 5) is 2.41. The zero-order valence-corrected chi connectivity index (χ0v) is 13.5. The number of hydrogen-bond acceptors (Lipinski definition) is 3. The summed E-state index contributed by atoms with van der Waals surface area (Å²) in [5.74, 6) is 0. The van der Waals surface area contributed by atoms with Crippen molar-refractivity contribution in [2.24, 2.45) is 0 Å². The van der Waals surface area contributed by atoms with Gasteiger partial charge in [0.05, 0.1) is 6.07 Å². The molecule has 1 aromatic carbocycles. The van der Waals surface area contributed by atoms with Gasteiger partial charge in [0, 0.05) is 18.6 Å². The number of nitrogens with one attached hydrogen (secondary N) is 1. The Labute approximate surface area is 129 Å². The van der Waals surface area contributed by atoms with Crippen LogP contribution >= 0.6 is 0 Å². The Hall–Kier alpha value is -1.37. The van der Waals surface area contributed by atoms with E-state index < -0.39 is 5.54 Å². The molecule has 21 heavy (non-hydrogen) atoms. The first-order valence-corrected chi connectivity index (χ1v) is 8.13. The Bertz CT molecular complexity index is 475. The van der Waals surface area contributed by atoms with Crippen molar-refractivity contribution in [1.29, 1.82) is 5.26 Å². The van der Waals surface area contributed by atoms with Gasteiger partial charge < -0.3 is 0 Å². The van der Waals surface area contributed by atoms with E-state index in [4.69, 9.17) is 0 Å². The zero-order chi connectivity index (χ0) is 15.3. The average Bonchev–Trinajstić information content (AvgIpc) is 3.35. The minimum Gasteiger partial charge on any atom is -0.298 e. The van der Waals surface area contributed by atoms with Crippen LogP contribution in [0.2, 0.25) is 0 Å². The van der Waals surface area contributed by atoms with Gasteiger partial charge in [-0.3, -0.25) is 10.2 Å². The summed E-state index contributed by atoms with van der Waals surface area (Å²) in [6.45, 7) is 8.34. The van der Waals surface area contributed by atoms with E-state index in [1.54, 1.807) is 0 Å². The van der Waals surface area contributed by atoms with E-state index in [2.05, 4.69) is 49.2 Å². The number of benzene rings is 1. The smallest absolute Gasteiger partial charge is 0.145 e. The molecule has 3 heteroatoms. The molecule has 1 saturated carbocycles. The van der Waals surface area contributed by atoms with E-state index in [0.717, 1.165) is 25.1 Å². The molecule has 0 radical (unpaired) electrons. The number of rotatable bonds is 8. The molecule has 1 aliphatic rings. The standard InChI is InChI=1S/C18H27N3/c1-4-15(3)21(5-2)14-18(13-19,20-17-11-12-17)16-9-7-6-8-10-16/h6-10,15,17,20H,4-5,11-12,14H2,1-3H3. The highest BCUT2D eigenvalue weighted by atomic mass is 15.2. The lowest BCUT2D eigenvalue weighted by Crippen LogP contribution is -2.52. The van der Waals surface area contributed by atoms with E-state index >= 15 is 0 Å². The largest absolute Gasteiger partial charge is 0.298 e. The SMILES string of the molecule is CCC(C)N(CC)CC(C#N)(NC1CC1)c1ccccc1. The third-order valence-corrected chi connectivity index (χ3v) is 4.55. The van der Waals surface area contributed by atoms with Crippen molar-refractivity contribution in [3.8, 4) is 6.07 Å². The van der Waals surface area contributed by atoms with Crippen molar-refractivity contribution in [2.75, 3.05) is 13.1 Å². The van der Waals surface area contributed by atoms with Crippen LogP contribution in [-0.4, -0.2) is 30.1 Å². The summed E-state index contributed by atoms with van der Waals surface area (Å²) in [7, 11) is 0. The van der Waals surface area contributed by atoms with E-state index in [1.165, 1.54) is 12.8 Å². The third kappa shape index (κ3) is 3.84. The Morgan fingerprint density at radius 2 is 2.00 bits per heavy atom. The molecule has 0 heterocycles. The maximum Gasteiger partial charge on any atom is 0.145 e. The minimum atomic E-state index is -0.595. The van der Waals surface area contributed by atoms with Crippen LogP contribution in [0.5, 0.6) is 0 Å². The van der Waals surface area contributed by atoms with Crippen LogP contribution in [0.4, 0.5) is 0 Å². The Morgan fingerprint density at radius 3 is 2.48 bits per heavy atom. The predicted octanol–water partition coefficient (Wildman–Crippen LogP) is 3.28. The molecule has 1 aliphatic carbocycles. The summed E-state index contributed by atoms with van der Waals surface area (Å²) in [5.41, 5.74) is 0.489. The second-order valence-electron chi connectivity index (χ2n) is 6.12. The van der Waals surface area contributed by atoms with Crippen molar-refractivity contribution < 1.29 is 0 Å². The Morgan fingerprint density at radius 1 is 1.33 bits per heavy atom. The third-order valence-electron chi connectivity index (χ3n) is 4.55. The van der Waals surface area contributed by atoms with E-state index in [1.807, 2.05) is 18.2 Å². The fraction of sp³-hybridized carbons (Fsp3) is 0.611. The highest BCUT2D eigenvalue weighted by Crippen LogP contribution is 2.30. The van der Waals surface area contributed by atoms with Crippen LogP contribution in [0.15, 0.2) is 30.3 Å². The van der Waals surface area contributed by atoms with Gasteiger partial charge in [-0.25, -0.2) is 0 Å². The van der Waals surface area contributed by atoms with Crippen LogP contribution in [0.25, 0.3) is 0 Å². The molecule has 0 amide bonds. The molecule has 2 atom stereocenters. The highest BCUT2D eigenvalue weighted by Gasteiger charge is 2.39. The van der Waals surface area contributed by atoms with Crippen LogP contribution in [0.3, 0.4) is 0 Å². The molecular formula is C18H27N3. The molecule has 2 unspecified atom stereocenters. The molecule has 0 aromatic heterocycles. The number of nitriles is 1. The van der Waals surface area contributed by atoms with Crippen molar-refractivity contribution in [3.63, 3.8) is 0 Å². The van der Waals surface area contributed by atoms with Crippen LogP contribution in [0, 0.1) is 11.3 Å². The first-order valence-electron chi connectivity index (χ1n) is 8.13. The molecule has 114 valence electrons. The van der Waals surface area contributed by atoms with Gasteiger partial charge in [0.15, 0.2) is 0 Å². The van der Waals surface area contributed by atoms with Gasteiger partial charge in [0.2, 0.25) is 0 Å². The lowest BCUT2D eigenvalue weighted by molar-refractivity contribution is 0.166. The second kappa shape index (κ2) is 7.06. The minimum absolute atomic E-state index is 0.493. The number of likely N-dealkylation sites (N-methyl/N-ethyl adjacent to an activating group) is 1. The maximum atomic E-state index is 9.97. The van der Waals surface area contributed by atoms with Crippen molar-refractivity contribution in [2.45, 2.75) is 57.7 Å². The zero-order valence-electron chi connectivity index (χ0n) is 13.5. The summed E-state index contributed by atoms with van der Waals surface area (Å²) in [5, 5.41) is 13.6. The van der Waals surface area contributed by atoms with E-state index in [9.17, 15) is 5.26 Å². The lowest BCUT2D eigenvalue weighted by atomic mass is 9.89. The summed E-state index contributed by atoms with van der Waals surface area (Å²) in [6, 6.07) is 13.8. The summed E-state index contributed by atoms with van der Waals surface area (Å²) >= 11 is 0. The molecule has 1 fully saturated rings. The Balaban J connectivity index is 2.28. The van der Waals surface area contributed by atoms with Gasteiger partial charge in [0.25, 0.3) is 0 Å². The number of nitrogens with zero attached hydrogens (tertiary/aromatic N) is 2. The van der Waals surface area contributed by atoms with Gasteiger partial charge in [-0.05, 0) is 38.3 Å². The topological polar surface area (TPSA) is 39.1 Å². The fourth-order valence-corrected chi connectivity index (χ4v) is 2.79. The van der Waals surface area contributed by atoms with Gasteiger partial charge >= 0.3 is 0 Å². The molecular weight excluding hydrogens is 258 g/mol. The molecule has 0 saturated heterocycles. The first kappa shape index (κ1) is 16.0. The number of hydrogen-bond donors (Lipinski definition) is 1. The van der Waals surface area contributed by atoms with Crippen LogP contribution in [-0.2, 0) is 5.54 Å². The molecule has 2 rings (SSSR count). The maximum absolute atomic E-state index is 9.97. The Kier molecular flexibility index (Phi) is 5.39. The monoisotopic (exact) mass is 285 g/mol. The van der Waals surface area contributed by atoms with Crippen LogP contribution < -0.4 is 5.32 Å². The summed E-state index contributed by atoms with van der Waals surface area (Å²) < 4.78 is 0. The summed E-state index contributed by atoms with van der Waals surface area (Å²) in [6.07, 6.45) is 3.48. The highest BCUT2D eigenvalue weighted by molar-refractivity contribution is 5.33.